The smallest absolute Gasteiger partial charge is 0.231 e. The molecule has 1 saturated heterocycles. The van der Waals surface area contributed by atoms with Crippen LogP contribution in [-0.2, 0) is 6.54 Å². The summed E-state index contributed by atoms with van der Waals surface area (Å²) in [6.07, 6.45) is 5.58. The highest BCUT2D eigenvalue weighted by Crippen LogP contribution is 2.32. The van der Waals surface area contributed by atoms with Crippen LogP contribution in [0.25, 0.3) is 0 Å². The molecule has 31 heavy (non-hydrogen) atoms. The molecular weight excluding hydrogens is 394 g/mol. The molecule has 0 saturated carbocycles. The number of hydrogen-bond donors (Lipinski definition) is 3. The second-order valence-electron chi connectivity index (χ2n) is 7.45. The molecule has 3 N–H and O–H groups in total. The van der Waals surface area contributed by atoms with Gasteiger partial charge in [0.15, 0.2) is 11.5 Å². The fraction of sp³-hybridized carbons (Fsp3) is 0.409. The molecule has 2 aliphatic heterocycles. The van der Waals surface area contributed by atoms with Crippen molar-refractivity contribution in [2.75, 3.05) is 48.5 Å². The predicted molar refractivity (Wildman–Crippen MR) is 122 cm³/mol. The first-order valence-electron chi connectivity index (χ1n) is 10.6. The molecule has 1 aromatic heterocycles. The van der Waals surface area contributed by atoms with E-state index in [-0.39, 0.29) is 0 Å². The molecule has 1 aromatic carbocycles. The van der Waals surface area contributed by atoms with Crippen LogP contribution in [0.2, 0.25) is 0 Å². The minimum atomic E-state index is 0.303. The third kappa shape index (κ3) is 5.43. The van der Waals surface area contributed by atoms with Gasteiger partial charge in [0.05, 0.1) is 0 Å². The molecule has 0 unspecified atom stereocenters. The first-order chi connectivity index (χ1) is 15.2. The Labute approximate surface area is 182 Å². The zero-order valence-corrected chi connectivity index (χ0v) is 17.6. The van der Waals surface area contributed by atoms with Crippen LogP contribution in [0.1, 0.15) is 18.4 Å². The largest absolute Gasteiger partial charge is 0.454 e. The number of ether oxygens (including phenoxy) is 2. The van der Waals surface area contributed by atoms with Crippen molar-refractivity contribution in [1.29, 1.82) is 0 Å². The summed E-state index contributed by atoms with van der Waals surface area (Å²) in [5, 5.41) is 9.96. The second kappa shape index (κ2) is 10.1. The Kier molecular flexibility index (Phi) is 6.83. The zero-order valence-electron chi connectivity index (χ0n) is 17.6. The minimum absolute atomic E-state index is 0.303. The van der Waals surface area contributed by atoms with E-state index in [1.807, 2.05) is 12.1 Å². The summed E-state index contributed by atoms with van der Waals surface area (Å²) in [4.78, 5) is 15.8. The molecule has 0 aliphatic carbocycles. The standard InChI is InChI=1S/C22H29N7O2/c1-3-9-23-20-26-21(24-10-4-2)28-22(27-20)29-11-7-17(8-12-29)25-14-16-5-6-18-19(13-16)31-15-30-18/h3-6,13,17,25H,1-2,7-12,14-15H2,(H2,23,24,26,27,28). The van der Waals surface area contributed by atoms with Gasteiger partial charge in [-0.15, -0.1) is 13.2 Å². The molecule has 1 fully saturated rings. The van der Waals surface area contributed by atoms with Gasteiger partial charge in [0, 0.05) is 38.8 Å². The van der Waals surface area contributed by atoms with Crippen molar-refractivity contribution in [3.63, 3.8) is 0 Å². The summed E-state index contributed by atoms with van der Waals surface area (Å²) in [5.41, 5.74) is 1.19. The van der Waals surface area contributed by atoms with Crippen LogP contribution in [0, 0.1) is 0 Å². The van der Waals surface area contributed by atoms with Gasteiger partial charge in [-0.2, -0.15) is 15.0 Å². The first kappa shape index (κ1) is 20.9. The summed E-state index contributed by atoms with van der Waals surface area (Å²) in [6, 6.07) is 6.54. The number of piperidine rings is 1. The number of nitrogens with zero attached hydrogens (tertiary/aromatic N) is 4. The highest BCUT2D eigenvalue weighted by atomic mass is 16.7. The number of aromatic nitrogens is 3. The van der Waals surface area contributed by atoms with Crippen LogP contribution >= 0.6 is 0 Å². The van der Waals surface area contributed by atoms with Gasteiger partial charge < -0.3 is 30.3 Å². The molecule has 0 bridgehead atoms. The number of benzene rings is 1. The number of anilines is 3. The Morgan fingerprint density at radius 3 is 2.32 bits per heavy atom. The lowest BCUT2D eigenvalue weighted by Gasteiger charge is -2.32. The van der Waals surface area contributed by atoms with Crippen LogP contribution in [0.3, 0.4) is 0 Å². The average molecular weight is 424 g/mol. The molecule has 0 spiro atoms. The number of nitrogens with one attached hydrogen (secondary N) is 3. The monoisotopic (exact) mass is 423 g/mol. The Bertz CT molecular complexity index is 882. The lowest BCUT2D eigenvalue weighted by molar-refractivity contribution is 0.174. The topological polar surface area (TPSA) is 96.5 Å². The van der Waals surface area contributed by atoms with Gasteiger partial charge in [0.2, 0.25) is 24.6 Å². The minimum Gasteiger partial charge on any atom is -0.454 e. The highest BCUT2D eigenvalue weighted by molar-refractivity contribution is 5.45. The maximum absolute atomic E-state index is 5.47. The van der Waals surface area contributed by atoms with E-state index in [0.29, 0.717) is 43.8 Å². The fourth-order valence-electron chi connectivity index (χ4n) is 3.59. The van der Waals surface area contributed by atoms with Crippen LogP contribution in [0.15, 0.2) is 43.5 Å². The first-order valence-corrected chi connectivity index (χ1v) is 10.6. The van der Waals surface area contributed by atoms with Crippen molar-refractivity contribution in [2.24, 2.45) is 0 Å². The van der Waals surface area contributed by atoms with E-state index in [2.05, 4.69) is 55.0 Å². The molecule has 2 aromatic rings. The van der Waals surface area contributed by atoms with Crippen LogP contribution < -0.4 is 30.3 Å². The summed E-state index contributed by atoms with van der Waals surface area (Å²) < 4.78 is 10.8. The zero-order chi connectivity index (χ0) is 21.5. The number of rotatable bonds is 10. The van der Waals surface area contributed by atoms with E-state index < -0.39 is 0 Å². The molecule has 9 nitrogen and oxygen atoms in total. The molecule has 0 amide bonds. The van der Waals surface area contributed by atoms with E-state index in [4.69, 9.17) is 9.47 Å². The van der Waals surface area contributed by atoms with E-state index in [9.17, 15) is 0 Å². The molecule has 4 rings (SSSR count). The highest BCUT2D eigenvalue weighted by Gasteiger charge is 2.22. The normalized spacial score (nSPS) is 15.5. The second-order valence-corrected chi connectivity index (χ2v) is 7.45. The Hall–Kier alpha value is -3.33. The van der Waals surface area contributed by atoms with E-state index in [1.165, 1.54) is 5.56 Å². The molecule has 3 heterocycles. The van der Waals surface area contributed by atoms with E-state index in [0.717, 1.165) is 44.0 Å². The van der Waals surface area contributed by atoms with E-state index >= 15 is 0 Å². The summed E-state index contributed by atoms with van der Waals surface area (Å²) >= 11 is 0. The third-order valence-corrected chi connectivity index (χ3v) is 5.24. The van der Waals surface area contributed by atoms with Gasteiger partial charge in [-0.3, -0.25) is 0 Å². The lowest BCUT2D eigenvalue weighted by Crippen LogP contribution is -2.43. The average Bonchev–Trinajstić information content (AvgIpc) is 3.28. The number of fused-ring (bicyclic) bond motifs is 1. The van der Waals surface area contributed by atoms with Crippen molar-refractivity contribution in [2.45, 2.75) is 25.4 Å². The van der Waals surface area contributed by atoms with Crippen LogP contribution in [-0.4, -0.2) is 54.0 Å². The Balaban J connectivity index is 1.33. The van der Waals surface area contributed by atoms with Crippen molar-refractivity contribution in [3.8, 4) is 11.5 Å². The third-order valence-electron chi connectivity index (χ3n) is 5.24. The Morgan fingerprint density at radius 2 is 1.65 bits per heavy atom. The molecule has 2 aliphatic rings. The SMILES string of the molecule is C=CCNc1nc(NCC=C)nc(N2CCC(NCc3ccc4c(c3)OCO4)CC2)n1. The quantitative estimate of drug-likeness (QED) is 0.498. The summed E-state index contributed by atoms with van der Waals surface area (Å²) in [7, 11) is 0. The Morgan fingerprint density at radius 1 is 0.968 bits per heavy atom. The lowest BCUT2D eigenvalue weighted by atomic mass is 10.0. The van der Waals surface area contributed by atoms with Crippen molar-refractivity contribution in [3.05, 3.63) is 49.1 Å². The van der Waals surface area contributed by atoms with Gasteiger partial charge in [-0.05, 0) is 30.5 Å². The van der Waals surface area contributed by atoms with Crippen molar-refractivity contribution < 1.29 is 9.47 Å². The molecule has 0 radical (unpaired) electrons. The van der Waals surface area contributed by atoms with Crippen molar-refractivity contribution >= 4 is 17.8 Å². The summed E-state index contributed by atoms with van der Waals surface area (Å²) in [5.74, 6) is 3.41. The molecular formula is C22H29N7O2. The van der Waals surface area contributed by atoms with Crippen LogP contribution in [0.4, 0.5) is 17.8 Å². The predicted octanol–water partition coefficient (Wildman–Crippen LogP) is 2.55. The van der Waals surface area contributed by atoms with Gasteiger partial charge in [0.25, 0.3) is 0 Å². The summed E-state index contributed by atoms with van der Waals surface area (Å²) in [6.45, 7) is 11.5. The van der Waals surface area contributed by atoms with Crippen LogP contribution in [0.5, 0.6) is 11.5 Å². The maximum atomic E-state index is 5.47. The fourth-order valence-corrected chi connectivity index (χ4v) is 3.59. The van der Waals surface area contributed by atoms with Gasteiger partial charge in [0.1, 0.15) is 0 Å². The van der Waals surface area contributed by atoms with E-state index in [1.54, 1.807) is 12.2 Å². The van der Waals surface area contributed by atoms with Gasteiger partial charge in [-0.1, -0.05) is 18.2 Å². The number of hydrogen-bond acceptors (Lipinski definition) is 9. The van der Waals surface area contributed by atoms with Crippen molar-refractivity contribution in [1.82, 2.24) is 20.3 Å². The molecule has 164 valence electrons. The maximum Gasteiger partial charge on any atom is 0.231 e. The van der Waals surface area contributed by atoms with Gasteiger partial charge in [-0.25, -0.2) is 0 Å². The molecule has 0 atom stereocenters. The molecule has 9 heteroatoms. The van der Waals surface area contributed by atoms with Gasteiger partial charge >= 0.3 is 0 Å².